The van der Waals surface area contributed by atoms with E-state index >= 15 is 0 Å². The Morgan fingerprint density at radius 2 is 2.12 bits per heavy atom. The Morgan fingerprint density at radius 3 is 2.92 bits per heavy atom. The Morgan fingerprint density at radius 1 is 1.29 bits per heavy atom. The smallest absolute Gasteiger partial charge is 0.249 e. The number of nitrogens with zero attached hydrogens (tertiary/aromatic N) is 1. The molecule has 2 saturated heterocycles. The summed E-state index contributed by atoms with van der Waals surface area (Å²) in [5, 5.41) is 2.89. The van der Waals surface area contributed by atoms with Gasteiger partial charge in [-0.15, -0.1) is 0 Å². The topological polar surface area (TPSA) is 50.8 Å². The lowest BCUT2D eigenvalue weighted by molar-refractivity contribution is -0.143. The normalized spacial score (nSPS) is 27.0. The summed E-state index contributed by atoms with van der Waals surface area (Å²) in [6, 6.07) is 11.1. The lowest BCUT2D eigenvalue weighted by atomic mass is 9.98. The summed E-state index contributed by atoms with van der Waals surface area (Å²) in [5.74, 6) is 0.00763. The number of carbonyl (C=O) groups is 1. The summed E-state index contributed by atoms with van der Waals surface area (Å²) in [6.45, 7) is 3.23. The van der Waals surface area contributed by atoms with Gasteiger partial charge in [-0.3, -0.25) is 9.69 Å². The number of likely N-dealkylation sites (tertiary alicyclic amines) is 1. The first-order valence-corrected chi connectivity index (χ1v) is 8.98. The average molecular weight is 332 g/mol. The summed E-state index contributed by atoms with van der Waals surface area (Å²) in [6.07, 6.45) is 3.86. The van der Waals surface area contributed by atoms with Crippen LogP contribution >= 0.6 is 0 Å². The third-order valence-corrected chi connectivity index (χ3v) is 5.09. The Kier molecular flexibility index (Phi) is 6.24. The van der Waals surface area contributed by atoms with Crippen molar-refractivity contribution in [3.8, 4) is 0 Å². The molecule has 24 heavy (non-hydrogen) atoms. The zero-order valence-electron chi connectivity index (χ0n) is 14.4. The van der Waals surface area contributed by atoms with Gasteiger partial charge in [0, 0.05) is 32.8 Å². The van der Waals surface area contributed by atoms with Crippen molar-refractivity contribution < 1.29 is 14.3 Å². The molecule has 0 spiro atoms. The van der Waals surface area contributed by atoms with Crippen LogP contribution in [0.3, 0.4) is 0 Å². The van der Waals surface area contributed by atoms with Gasteiger partial charge in [-0.2, -0.15) is 0 Å². The molecule has 0 bridgehead atoms. The van der Waals surface area contributed by atoms with E-state index in [-0.39, 0.29) is 18.1 Å². The number of benzene rings is 1. The fourth-order valence-corrected chi connectivity index (χ4v) is 3.79. The molecule has 1 aromatic carbocycles. The second-order valence-electron chi connectivity index (χ2n) is 6.65. The number of fused-ring (bicyclic) bond motifs is 1. The maximum atomic E-state index is 12.1. The first-order chi connectivity index (χ1) is 11.8. The van der Waals surface area contributed by atoms with E-state index in [2.05, 4.69) is 40.5 Å². The number of carbonyl (C=O) groups excluding carboxylic acids is 1. The fourth-order valence-electron chi connectivity index (χ4n) is 3.79. The highest BCUT2D eigenvalue weighted by Gasteiger charge is 2.41. The summed E-state index contributed by atoms with van der Waals surface area (Å²) in [5.41, 5.74) is 1.38. The number of methoxy groups -OCH3 is 1. The van der Waals surface area contributed by atoms with E-state index in [1.165, 1.54) is 5.56 Å². The van der Waals surface area contributed by atoms with Gasteiger partial charge in [0.15, 0.2) is 0 Å². The molecule has 2 aliphatic rings. The quantitative estimate of drug-likeness (QED) is 0.771. The maximum Gasteiger partial charge on any atom is 0.249 e. The van der Waals surface area contributed by atoms with Crippen LogP contribution in [0.4, 0.5) is 0 Å². The molecule has 132 valence electrons. The molecule has 3 atom stereocenters. The molecule has 1 amide bonds. The van der Waals surface area contributed by atoms with Crippen LogP contribution in [0, 0.1) is 0 Å². The van der Waals surface area contributed by atoms with E-state index in [0.717, 1.165) is 38.8 Å². The van der Waals surface area contributed by atoms with Crippen LogP contribution in [0.5, 0.6) is 0 Å². The molecule has 0 radical (unpaired) electrons. The van der Waals surface area contributed by atoms with E-state index in [9.17, 15) is 4.79 Å². The molecule has 5 heteroatoms. The molecular formula is C19H28N2O3. The van der Waals surface area contributed by atoms with Gasteiger partial charge in [0.2, 0.25) is 5.91 Å². The number of nitrogens with one attached hydrogen (secondary N) is 1. The SMILES string of the molecule is COCCNC(=O)[C@@H]1CC[C@H]2[C@H](CCN2CCc2ccccc2)O1. The van der Waals surface area contributed by atoms with Gasteiger partial charge in [0.1, 0.15) is 6.10 Å². The van der Waals surface area contributed by atoms with Crippen LogP contribution in [0.2, 0.25) is 0 Å². The Bertz CT molecular complexity index is 523. The monoisotopic (exact) mass is 332 g/mol. The zero-order chi connectivity index (χ0) is 16.8. The standard InChI is InChI=1S/C19H28N2O3/c1-23-14-11-20-19(22)18-8-7-16-17(24-18)10-13-21(16)12-9-15-5-3-2-4-6-15/h2-6,16-18H,7-14H2,1H3,(H,20,22)/t16-,17-,18-/m0/s1. The zero-order valence-corrected chi connectivity index (χ0v) is 14.4. The predicted octanol–water partition coefficient (Wildman–Crippen LogP) is 1.61. The van der Waals surface area contributed by atoms with Crippen molar-refractivity contribution in [3.05, 3.63) is 35.9 Å². The second kappa shape index (κ2) is 8.60. The van der Waals surface area contributed by atoms with Crippen molar-refractivity contribution >= 4 is 5.91 Å². The van der Waals surface area contributed by atoms with Gasteiger partial charge >= 0.3 is 0 Å². The van der Waals surface area contributed by atoms with E-state index in [1.54, 1.807) is 7.11 Å². The van der Waals surface area contributed by atoms with Gasteiger partial charge in [-0.25, -0.2) is 0 Å². The minimum Gasteiger partial charge on any atom is -0.383 e. The molecule has 0 aliphatic carbocycles. The first-order valence-electron chi connectivity index (χ1n) is 8.98. The summed E-state index contributed by atoms with van der Waals surface area (Å²) >= 11 is 0. The number of ether oxygens (including phenoxy) is 2. The van der Waals surface area contributed by atoms with Crippen LogP contribution in [-0.2, 0) is 20.7 Å². The van der Waals surface area contributed by atoms with Gasteiger partial charge < -0.3 is 14.8 Å². The van der Waals surface area contributed by atoms with Crippen LogP contribution in [0.1, 0.15) is 24.8 Å². The molecule has 2 fully saturated rings. The molecule has 2 aliphatic heterocycles. The van der Waals surface area contributed by atoms with Gasteiger partial charge in [0.25, 0.3) is 0 Å². The number of hydrogen-bond donors (Lipinski definition) is 1. The lowest BCUT2D eigenvalue weighted by Gasteiger charge is -2.35. The molecule has 3 rings (SSSR count). The lowest BCUT2D eigenvalue weighted by Crippen LogP contribution is -2.48. The minimum atomic E-state index is -0.294. The van der Waals surface area contributed by atoms with Crippen molar-refractivity contribution in [1.29, 1.82) is 0 Å². The van der Waals surface area contributed by atoms with Crippen LogP contribution in [-0.4, -0.2) is 62.4 Å². The number of hydrogen-bond acceptors (Lipinski definition) is 4. The third kappa shape index (κ3) is 4.35. The highest BCUT2D eigenvalue weighted by Crippen LogP contribution is 2.31. The molecule has 5 nitrogen and oxygen atoms in total. The fraction of sp³-hybridized carbons (Fsp3) is 0.632. The molecule has 2 heterocycles. The summed E-state index contributed by atoms with van der Waals surface area (Å²) < 4.78 is 11.1. The Labute approximate surface area is 144 Å². The van der Waals surface area contributed by atoms with Gasteiger partial charge in [0.05, 0.1) is 12.7 Å². The largest absolute Gasteiger partial charge is 0.383 e. The maximum absolute atomic E-state index is 12.1. The Balaban J connectivity index is 1.45. The molecule has 0 unspecified atom stereocenters. The predicted molar refractivity (Wildman–Crippen MR) is 92.9 cm³/mol. The second-order valence-corrected chi connectivity index (χ2v) is 6.65. The van der Waals surface area contributed by atoms with Crippen molar-refractivity contribution in [1.82, 2.24) is 10.2 Å². The van der Waals surface area contributed by atoms with E-state index in [4.69, 9.17) is 9.47 Å². The van der Waals surface area contributed by atoms with Crippen LogP contribution in [0.25, 0.3) is 0 Å². The van der Waals surface area contributed by atoms with E-state index in [1.807, 2.05) is 0 Å². The average Bonchev–Trinajstić information content (AvgIpc) is 3.03. The minimum absolute atomic E-state index is 0.00763. The molecule has 1 N–H and O–H groups in total. The highest BCUT2D eigenvalue weighted by molar-refractivity contribution is 5.80. The van der Waals surface area contributed by atoms with E-state index in [0.29, 0.717) is 19.2 Å². The molecule has 0 saturated carbocycles. The molecule has 1 aromatic rings. The third-order valence-electron chi connectivity index (χ3n) is 5.09. The summed E-state index contributed by atoms with van der Waals surface area (Å²) in [4.78, 5) is 14.7. The number of rotatable bonds is 7. The van der Waals surface area contributed by atoms with Crippen molar-refractivity contribution in [2.24, 2.45) is 0 Å². The van der Waals surface area contributed by atoms with Gasteiger partial charge in [-0.05, 0) is 31.2 Å². The van der Waals surface area contributed by atoms with Crippen LogP contribution < -0.4 is 5.32 Å². The number of amides is 1. The van der Waals surface area contributed by atoms with Crippen molar-refractivity contribution in [3.63, 3.8) is 0 Å². The van der Waals surface area contributed by atoms with Crippen molar-refractivity contribution in [2.75, 3.05) is 33.4 Å². The van der Waals surface area contributed by atoms with Gasteiger partial charge in [-0.1, -0.05) is 30.3 Å². The first kappa shape index (κ1) is 17.4. The molecule has 0 aromatic heterocycles. The van der Waals surface area contributed by atoms with E-state index < -0.39 is 0 Å². The Hall–Kier alpha value is -1.43. The highest BCUT2D eigenvalue weighted by atomic mass is 16.5. The molecular weight excluding hydrogens is 304 g/mol. The van der Waals surface area contributed by atoms with Crippen molar-refractivity contribution in [2.45, 2.75) is 43.9 Å². The van der Waals surface area contributed by atoms with Crippen LogP contribution in [0.15, 0.2) is 30.3 Å². The summed E-state index contributed by atoms with van der Waals surface area (Å²) in [7, 11) is 1.64.